The third-order valence-electron chi connectivity index (χ3n) is 5.01. The van der Waals surface area contributed by atoms with E-state index in [1.165, 1.54) is 35.5 Å². The molecule has 2 aromatic rings. The maximum atomic E-state index is 12.9. The lowest BCUT2D eigenvalue weighted by molar-refractivity contribution is 0.0687. The molecule has 0 aromatic heterocycles. The molecule has 0 aliphatic carbocycles. The van der Waals surface area contributed by atoms with Gasteiger partial charge in [-0.15, -0.1) is 0 Å². The normalized spacial score (nSPS) is 16.2. The summed E-state index contributed by atoms with van der Waals surface area (Å²) in [7, 11) is -3.55. The van der Waals surface area contributed by atoms with E-state index in [2.05, 4.69) is 0 Å². The molecule has 0 spiro atoms. The zero-order valence-electron chi connectivity index (χ0n) is 15.8. The molecule has 1 aliphatic heterocycles. The van der Waals surface area contributed by atoms with Gasteiger partial charge in [0.25, 0.3) is 0 Å². The predicted octanol–water partition coefficient (Wildman–Crippen LogP) is 3.65. The van der Waals surface area contributed by atoms with Crippen LogP contribution in [0.5, 0.6) is 0 Å². The van der Waals surface area contributed by atoms with Gasteiger partial charge in [0.1, 0.15) is 5.82 Å². The Morgan fingerprint density at radius 3 is 2.25 bits per heavy atom. The van der Waals surface area contributed by atoms with E-state index in [0.717, 1.165) is 18.4 Å². The third-order valence-corrected chi connectivity index (χ3v) is 6.92. The molecule has 28 heavy (non-hydrogen) atoms. The van der Waals surface area contributed by atoms with Gasteiger partial charge in [-0.3, -0.25) is 4.79 Å². The minimum Gasteiger partial charge on any atom is -0.376 e. The van der Waals surface area contributed by atoms with Crippen LogP contribution in [-0.4, -0.2) is 38.2 Å². The van der Waals surface area contributed by atoms with Crippen molar-refractivity contribution in [2.45, 2.75) is 31.3 Å². The summed E-state index contributed by atoms with van der Waals surface area (Å²) >= 11 is 0. The summed E-state index contributed by atoms with van der Waals surface area (Å²) < 4.78 is 45.7. The Morgan fingerprint density at radius 1 is 1.07 bits per heavy atom. The van der Waals surface area contributed by atoms with Crippen LogP contribution in [0.15, 0.2) is 53.4 Å². The highest BCUT2D eigenvalue weighted by molar-refractivity contribution is 7.89. The molecule has 0 saturated carbocycles. The molecule has 0 radical (unpaired) electrons. The van der Waals surface area contributed by atoms with Gasteiger partial charge in [-0.2, -0.15) is 4.31 Å². The summed E-state index contributed by atoms with van der Waals surface area (Å²) in [5.41, 5.74) is 1.41. The second-order valence-electron chi connectivity index (χ2n) is 7.07. The number of Topliss-reactive ketones (excluding diaryl/α,β-unsaturated/α-hetero) is 1. The Balaban J connectivity index is 1.49. The van der Waals surface area contributed by atoms with Gasteiger partial charge in [0.15, 0.2) is 5.78 Å². The zero-order chi connectivity index (χ0) is 20.1. The Kier molecular flexibility index (Phi) is 6.59. The largest absolute Gasteiger partial charge is 0.376 e. The number of nitrogens with zero attached hydrogens (tertiary/aromatic N) is 1. The van der Waals surface area contributed by atoms with Crippen LogP contribution in [0.4, 0.5) is 4.39 Å². The number of carbonyl (C=O) groups is 1. The standard InChI is InChI=1S/C21H24FNO4S/c1-16(24)19-4-8-21(9-5-19)28(25,26)23-12-10-18(11-13-23)15-27-14-17-2-6-20(22)7-3-17/h2-9,18H,10-15H2,1H3. The van der Waals surface area contributed by atoms with Crippen LogP contribution in [0, 0.1) is 11.7 Å². The number of piperidine rings is 1. The van der Waals surface area contributed by atoms with Crippen molar-refractivity contribution < 1.29 is 22.3 Å². The molecule has 1 aliphatic rings. The maximum absolute atomic E-state index is 12.9. The van der Waals surface area contributed by atoms with Crippen molar-refractivity contribution >= 4 is 15.8 Å². The second kappa shape index (κ2) is 8.94. The van der Waals surface area contributed by atoms with Crippen LogP contribution in [0.3, 0.4) is 0 Å². The summed E-state index contributed by atoms with van der Waals surface area (Å²) in [5.74, 6) is -0.0642. The second-order valence-corrected chi connectivity index (χ2v) is 9.01. The van der Waals surface area contributed by atoms with Gasteiger partial charge in [-0.25, -0.2) is 12.8 Å². The highest BCUT2D eigenvalue weighted by atomic mass is 32.2. The van der Waals surface area contributed by atoms with E-state index in [4.69, 9.17) is 4.74 Å². The Morgan fingerprint density at radius 2 is 1.68 bits per heavy atom. The van der Waals surface area contributed by atoms with E-state index in [1.54, 1.807) is 24.3 Å². The van der Waals surface area contributed by atoms with Crippen LogP contribution in [0.2, 0.25) is 0 Å². The summed E-state index contributed by atoms with van der Waals surface area (Å²) in [6.45, 7) is 3.31. The van der Waals surface area contributed by atoms with Crippen LogP contribution in [0.1, 0.15) is 35.7 Å². The first-order valence-electron chi connectivity index (χ1n) is 9.29. The number of ether oxygens (including phenoxy) is 1. The molecular weight excluding hydrogens is 381 g/mol. The number of hydrogen-bond acceptors (Lipinski definition) is 4. The first-order chi connectivity index (χ1) is 13.4. The monoisotopic (exact) mass is 405 g/mol. The number of ketones is 1. The molecule has 0 atom stereocenters. The van der Waals surface area contributed by atoms with Crippen LogP contribution in [-0.2, 0) is 21.4 Å². The lowest BCUT2D eigenvalue weighted by Gasteiger charge is -2.31. The van der Waals surface area contributed by atoms with Gasteiger partial charge >= 0.3 is 0 Å². The number of sulfonamides is 1. The van der Waals surface area contributed by atoms with Gasteiger partial charge in [0.2, 0.25) is 10.0 Å². The van der Waals surface area contributed by atoms with Crippen molar-refractivity contribution in [3.05, 3.63) is 65.5 Å². The van der Waals surface area contributed by atoms with Crippen molar-refractivity contribution in [2.24, 2.45) is 5.92 Å². The van der Waals surface area contributed by atoms with E-state index in [-0.39, 0.29) is 16.5 Å². The summed E-state index contributed by atoms with van der Waals surface area (Å²) in [5, 5.41) is 0. The van der Waals surface area contributed by atoms with Crippen molar-refractivity contribution in [3.8, 4) is 0 Å². The van der Waals surface area contributed by atoms with Crippen molar-refractivity contribution in [1.82, 2.24) is 4.31 Å². The minimum atomic E-state index is -3.55. The topological polar surface area (TPSA) is 63.7 Å². The number of benzene rings is 2. The minimum absolute atomic E-state index is 0.0922. The molecule has 1 fully saturated rings. The molecule has 1 heterocycles. The lowest BCUT2D eigenvalue weighted by atomic mass is 9.99. The SMILES string of the molecule is CC(=O)c1ccc(S(=O)(=O)N2CCC(COCc3ccc(F)cc3)CC2)cc1. The van der Waals surface area contributed by atoms with Crippen molar-refractivity contribution in [3.63, 3.8) is 0 Å². The molecule has 0 N–H and O–H groups in total. The van der Waals surface area contributed by atoms with Gasteiger partial charge in [0, 0.05) is 25.3 Å². The van der Waals surface area contributed by atoms with Crippen LogP contribution < -0.4 is 0 Å². The highest BCUT2D eigenvalue weighted by Crippen LogP contribution is 2.24. The molecule has 2 aromatic carbocycles. The Hall–Kier alpha value is -2.09. The number of hydrogen-bond donors (Lipinski definition) is 0. The maximum Gasteiger partial charge on any atom is 0.243 e. The average molecular weight is 405 g/mol. The molecule has 150 valence electrons. The fraction of sp³-hybridized carbons (Fsp3) is 0.381. The molecular formula is C21H24FNO4S. The van der Waals surface area contributed by atoms with Crippen molar-refractivity contribution in [1.29, 1.82) is 0 Å². The molecule has 0 bridgehead atoms. The smallest absolute Gasteiger partial charge is 0.243 e. The number of carbonyl (C=O) groups excluding carboxylic acids is 1. The van der Waals surface area contributed by atoms with Crippen molar-refractivity contribution in [2.75, 3.05) is 19.7 Å². The zero-order valence-corrected chi connectivity index (χ0v) is 16.6. The van der Waals surface area contributed by atoms with E-state index in [1.807, 2.05) is 0 Å². The molecule has 3 rings (SSSR count). The predicted molar refractivity (Wildman–Crippen MR) is 104 cm³/mol. The molecule has 5 nitrogen and oxygen atoms in total. The molecule has 0 amide bonds. The van der Waals surface area contributed by atoms with E-state index in [9.17, 15) is 17.6 Å². The third kappa shape index (κ3) is 5.04. The Bertz CT molecular complexity index is 902. The average Bonchev–Trinajstić information content (AvgIpc) is 2.70. The molecule has 1 saturated heterocycles. The fourth-order valence-corrected chi connectivity index (χ4v) is 4.72. The first kappa shape index (κ1) is 20.6. The van der Waals surface area contributed by atoms with Gasteiger partial charge < -0.3 is 4.74 Å². The van der Waals surface area contributed by atoms with E-state index in [0.29, 0.717) is 37.8 Å². The Labute approximate surface area is 165 Å². The molecule has 7 heteroatoms. The fourth-order valence-electron chi connectivity index (χ4n) is 3.25. The van der Waals surface area contributed by atoms with Gasteiger partial charge in [0.05, 0.1) is 11.5 Å². The van der Waals surface area contributed by atoms with Crippen LogP contribution >= 0.6 is 0 Å². The summed E-state index contributed by atoms with van der Waals surface area (Å²) in [4.78, 5) is 11.6. The quantitative estimate of drug-likeness (QED) is 0.660. The van der Waals surface area contributed by atoms with Gasteiger partial charge in [-0.05, 0) is 55.5 Å². The number of halogens is 1. The first-order valence-corrected chi connectivity index (χ1v) is 10.7. The van der Waals surface area contributed by atoms with E-state index >= 15 is 0 Å². The number of rotatable bonds is 7. The highest BCUT2D eigenvalue weighted by Gasteiger charge is 2.29. The molecule has 0 unspecified atom stereocenters. The van der Waals surface area contributed by atoms with E-state index < -0.39 is 10.0 Å². The van der Waals surface area contributed by atoms with Gasteiger partial charge in [-0.1, -0.05) is 24.3 Å². The van der Waals surface area contributed by atoms with Crippen LogP contribution in [0.25, 0.3) is 0 Å². The summed E-state index contributed by atoms with van der Waals surface area (Å²) in [6.07, 6.45) is 1.46. The lowest BCUT2D eigenvalue weighted by Crippen LogP contribution is -2.39. The summed E-state index contributed by atoms with van der Waals surface area (Å²) in [6, 6.07) is 12.3.